The van der Waals surface area contributed by atoms with Crippen LogP contribution in [0.15, 0.2) is 54.6 Å². The van der Waals surface area contributed by atoms with Crippen molar-refractivity contribution in [3.63, 3.8) is 0 Å². The topological polar surface area (TPSA) is 76.0 Å². The summed E-state index contributed by atoms with van der Waals surface area (Å²) in [7, 11) is 0. The Kier molecular flexibility index (Phi) is 13.6. The number of fused-ring (bicyclic) bond motifs is 6. The van der Waals surface area contributed by atoms with Crippen LogP contribution in [0.25, 0.3) is 51.9 Å². The van der Waals surface area contributed by atoms with Gasteiger partial charge in [0.05, 0.1) is 20.7 Å². The fourth-order valence-electron chi connectivity index (χ4n) is 6.76. The minimum atomic E-state index is -0.0511. The number of thiophene rings is 2. The molecular formula is C44H54IrN3O2S2-. The number of hydrogen-bond donors (Lipinski definition) is 1. The van der Waals surface area contributed by atoms with E-state index in [1.54, 1.807) is 6.33 Å². The van der Waals surface area contributed by atoms with Gasteiger partial charge in [0.1, 0.15) is 6.33 Å². The average molecular weight is 913 g/mol. The average Bonchev–Trinajstić information content (AvgIpc) is 3.61. The summed E-state index contributed by atoms with van der Waals surface area (Å²) in [5, 5.41) is 12.1. The Bertz CT molecular complexity index is 2210. The van der Waals surface area contributed by atoms with E-state index in [4.69, 9.17) is 15.0 Å². The van der Waals surface area contributed by atoms with Crippen molar-refractivity contribution >= 4 is 69.1 Å². The molecule has 5 nitrogen and oxygen atoms in total. The molecule has 0 fully saturated rings. The Morgan fingerprint density at radius 2 is 1.52 bits per heavy atom. The first kappa shape index (κ1) is 41.7. The number of aliphatic hydroxyl groups excluding tert-OH is 1. The van der Waals surface area contributed by atoms with E-state index in [0.29, 0.717) is 0 Å². The quantitative estimate of drug-likeness (QED) is 0.0888. The van der Waals surface area contributed by atoms with Crippen molar-refractivity contribution in [1.29, 1.82) is 0 Å². The Morgan fingerprint density at radius 1 is 0.846 bits per heavy atom. The van der Waals surface area contributed by atoms with Crippen molar-refractivity contribution < 1.29 is 30.0 Å². The molecule has 0 aliphatic carbocycles. The van der Waals surface area contributed by atoms with Gasteiger partial charge in [0.25, 0.3) is 0 Å². The van der Waals surface area contributed by atoms with Crippen LogP contribution in [0.5, 0.6) is 0 Å². The Balaban J connectivity index is 0.000000323. The number of allylic oxidation sites excluding steroid dienone is 2. The van der Waals surface area contributed by atoms with Gasteiger partial charge in [0, 0.05) is 69.7 Å². The molecule has 6 aromatic rings. The normalized spacial score (nSPS) is 12.6. The number of ketones is 1. The molecule has 0 saturated heterocycles. The van der Waals surface area contributed by atoms with Crippen molar-refractivity contribution in [2.24, 2.45) is 17.3 Å². The van der Waals surface area contributed by atoms with Gasteiger partial charge in [-0.05, 0) is 67.6 Å². The fourth-order valence-corrected chi connectivity index (χ4v) is 9.41. The molecule has 0 saturated carbocycles. The summed E-state index contributed by atoms with van der Waals surface area (Å²) >= 11 is 3.66. The summed E-state index contributed by atoms with van der Waals surface area (Å²) in [6.45, 7) is 23.7. The van der Waals surface area contributed by atoms with E-state index in [2.05, 4.69) is 84.0 Å². The predicted octanol–water partition coefficient (Wildman–Crippen LogP) is 13.1. The van der Waals surface area contributed by atoms with Crippen LogP contribution < -0.4 is 0 Å². The molecule has 2 aromatic carbocycles. The number of aliphatic hydroxyl groups is 1. The van der Waals surface area contributed by atoms with E-state index in [-0.39, 0.29) is 54.3 Å². The number of pyridine rings is 1. The van der Waals surface area contributed by atoms with Gasteiger partial charge in [0.2, 0.25) is 0 Å². The smallest absolute Gasteiger partial charge is 0.162 e. The van der Waals surface area contributed by atoms with Crippen LogP contribution >= 0.6 is 22.7 Å². The largest absolute Gasteiger partial charge is 0.512 e. The Morgan fingerprint density at radius 3 is 2.13 bits per heavy atom. The second-order valence-electron chi connectivity index (χ2n) is 16.0. The predicted molar refractivity (Wildman–Crippen MR) is 220 cm³/mol. The molecule has 0 atom stereocenters. The van der Waals surface area contributed by atoms with Gasteiger partial charge in [-0.3, -0.25) is 14.8 Å². The third-order valence-corrected chi connectivity index (χ3v) is 12.2. The van der Waals surface area contributed by atoms with E-state index in [0.717, 1.165) is 70.2 Å². The zero-order valence-electron chi connectivity index (χ0n) is 32.7. The minimum Gasteiger partial charge on any atom is -0.512 e. The van der Waals surface area contributed by atoms with Gasteiger partial charge in [0.15, 0.2) is 5.78 Å². The maximum Gasteiger partial charge on any atom is 0.162 e. The van der Waals surface area contributed by atoms with Crippen molar-refractivity contribution in [3.05, 3.63) is 77.4 Å². The van der Waals surface area contributed by atoms with Gasteiger partial charge in [-0.1, -0.05) is 97.9 Å². The van der Waals surface area contributed by atoms with Crippen molar-refractivity contribution in [1.82, 2.24) is 15.0 Å². The molecule has 4 aromatic heterocycles. The molecule has 0 aliphatic rings. The van der Waals surface area contributed by atoms with Crippen molar-refractivity contribution in [2.75, 3.05) is 0 Å². The first-order valence-corrected chi connectivity index (χ1v) is 20.1. The number of rotatable bonds is 9. The molecule has 0 bridgehead atoms. The molecule has 8 heteroatoms. The van der Waals surface area contributed by atoms with Crippen LogP contribution in [-0.2, 0) is 36.7 Å². The number of hydrogen-bond acceptors (Lipinski definition) is 7. The summed E-state index contributed by atoms with van der Waals surface area (Å²) in [4.78, 5) is 26.1. The zero-order chi connectivity index (χ0) is 37.2. The van der Waals surface area contributed by atoms with Crippen LogP contribution in [-0.4, -0.2) is 25.8 Å². The first-order chi connectivity index (χ1) is 24.1. The second kappa shape index (κ2) is 17.0. The summed E-state index contributed by atoms with van der Waals surface area (Å²) in [6.07, 6.45) is 7.68. The molecule has 279 valence electrons. The van der Waals surface area contributed by atoms with Crippen LogP contribution in [0, 0.1) is 30.2 Å². The molecule has 4 heterocycles. The second-order valence-corrected chi connectivity index (χ2v) is 18.1. The summed E-state index contributed by atoms with van der Waals surface area (Å²) < 4.78 is 5.04. The Hall–Kier alpha value is -3.03. The molecule has 0 aliphatic heterocycles. The molecule has 52 heavy (non-hydrogen) atoms. The number of aryl methyl sites for hydroxylation is 1. The van der Waals surface area contributed by atoms with E-state index < -0.39 is 0 Å². The summed E-state index contributed by atoms with van der Waals surface area (Å²) in [5.74, 6) is 0.547. The molecule has 1 radical (unpaired) electrons. The number of aromatic nitrogens is 3. The van der Waals surface area contributed by atoms with E-state index in [1.807, 2.05) is 57.3 Å². The Labute approximate surface area is 331 Å². The van der Waals surface area contributed by atoms with Gasteiger partial charge in [-0.2, -0.15) is 0 Å². The van der Waals surface area contributed by atoms with E-state index >= 15 is 0 Å². The van der Waals surface area contributed by atoms with E-state index in [1.165, 1.54) is 36.7 Å². The van der Waals surface area contributed by atoms with Crippen LogP contribution in [0.2, 0.25) is 0 Å². The molecule has 0 unspecified atom stereocenters. The molecule has 1 N–H and O–H groups in total. The molecular weight excluding hydrogens is 859 g/mol. The standard InChI is InChI=1S/C31H30N3S2.C13H24O2.Ir/c1-17-8-10-19-13-20(14-22(24(19)34-17)31(5,6)7)25-28-26(33-16-32-25)29-27(36-28)21-12-18(15-30(2,3)4)9-11-23(21)35-29;1-5-10(6-2)12(14)9-13(15)11(7-3)8-4;/h8-12,14,16H,15H2,1-7H3;9-11,14H,5-8H2,1-4H3;/q-1;;/b;12-9-;. The van der Waals surface area contributed by atoms with Gasteiger partial charge in [-0.25, -0.2) is 4.98 Å². The number of benzene rings is 2. The molecule has 0 amide bonds. The number of carbonyl (C=O) groups is 1. The molecule has 6 rings (SSSR count). The maximum atomic E-state index is 11.7. The van der Waals surface area contributed by atoms with Crippen LogP contribution in [0.3, 0.4) is 0 Å². The van der Waals surface area contributed by atoms with Gasteiger partial charge >= 0.3 is 0 Å². The number of carbonyl (C=O) groups excluding carboxylic acids is 1. The minimum absolute atomic E-state index is 0. The van der Waals surface area contributed by atoms with Crippen LogP contribution in [0.1, 0.15) is 112 Å². The van der Waals surface area contributed by atoms with E-state index in [9.17, 15) is 9.90 Å². The maximum absolute atomic E-state index is 11.7. The number of nitrogens with zero attached hydrogens (tertiary/aromatic N) is 3. The van der Waals surface area contributed by atoms with Gasteiger partial charge < -0.3 is 5.11 Å². The SMILES string of the molecule is CCC(CC)C(=O)/C=C(\O)C(CC)CC.Cc1ccc2[c-]c(-c3ncnc4c3sc3c5cc(CC(C)(C)C)ccc5sc43)cc(C(C)(C)C)c2n1.[Ir]. The van der Waals surface area contributed by atoms with Crippen molar-refractivity contribution in [3.8, 4) is 11.3 Å². The third kappa shape index (κ3) is 9.18. The van der Waals surface area contributed by atoms with Crippen molar-refractivity contribution in [2.45, 2.75) is 114 Å². The monoisotopic (exact) mass is 913 g/mol. The third-order valence-electron chi connectivity index (χ3n) is 9.66. The first-order valence-electron chi connectivity index (χ1n) is 18.5. The molecule has 0 spiro atoms. The zero-order valence-corrected chi connectivity index (χ0v) is 36.7. The summed E-state index contributed by atoms with van der Waals surface area (Å²) in [6, 6.07) is 17.0. The van der Waals surface area contributed by atoms with Crippen LogP contribution in [0.4, 0.5) is 0 Å². The fraction of sp³-hybridized carbons (Fsp3) is 0.455. The van der Waals surface area contributed by atoms with Gasteiger partial charge in [-0.15, -0.1) is 40.9 Å². The summed E-state index contributed by atoms with van der Waals surface area (Å²) in [5.41, 5.74) is 7.88.